The van der Waals surface area contributed by atoms with E-state index in [1.165, 1.54) is 23.9 Å². The van der Waals surface area contributed by atoms with Gasteiger partial charge in [-0.05, 0) is 81.1 Å². The van der Waals surface area contributed by atoms with Crippen LogP contribution in [0.3, 0.4) is 0 Å². The molecule has 2 aliphatic heterocycles. The zero-order chi connectivity index (χ0) is 24.4. The van der Waals surface area contributed by atoms with E-state index in [1.54, 1.807) is 12.3 Å². The molecule has 1 aromatic carbocycles. The number of aryl methyl sites for hydroxylation is 1. The van der Waals surface area contributed by atoms with E-state index in [-0.39, 0.29) is 5.91 Å². The highest BCUT2D eigenvalue weighted by Crippen LogP contribution is 2.34. The molecule has 0 aliphatic carbocycles. The van der Waals surface area contributed by atoms with E-state index >= 15 is 0 Å². The highest BCUT2D eigenvalue weighted by molar-refractivity contribution is 8.04. The number of carbonyl (C=O) groups excluding carboxylic acids is 1. The molecule has 0 atom stereocenters. The van der Waals surface area contributed by atoms with E-state index < -0.39 is 11.7 Å². The second-order valence-corrected chi connectivity index (χ2v) is 10.2. The van der Waals surface area contributed by atoms with Gasteiger partial charge in [-0.3, -0.25) is 9.20 Å². The number of pyridine rings is 1. The molecule has 1 saturated heterocycles. The lowest BCUT2D eigenvalue weighted by Crippen LogP contribution is -2.39. The summed E-state index contributed by atoms with van der Waals surface area (Å²) in [6, 6.07) is 11.5. The predicted molar refractivity (Wildman–Crippen MR) is 131 cm³/mol. The molecule has 4 heterocycles. The number of piperidine rings is 1. The van der Waals surface area contributed by atoms with Crippen LogP contribution in [0, 0.1) is 5.92 Å². The van der Waals surface area contributed by atoms with Crippen LogP contribution in [0.2, 0.25) is 0 Å². The van der Waals surface area contributed by atoms with E-state index in [0.717, 1.165) is 66.9 Å². The van der Waals surface area contributed by atoms with Crippen molar-refractivity contribution in [2.75, 3.05) is 26.2 Å². The highest BCUT2D eigenvalue weighted by Gasteiger charge is 2.30. The van der Waals surface area contributed by atoms with Crippen molar-refractivity contribution in [1.29, 1.82) is 0 Å². The Morgan fingerprint density at radius 3 is 2.74 bits per heavy atom. The van der Waals surface area contributed by atoms with Gasteiger partial charge in [0, 0.05) is 6.54 Å². The molecule has 2 aromatic heterocycles. The van der Waals surface area contributed by atoms with E-state index in [4.69, 9.17) is 0 Å². The average Bonchev–Trinajstić information content (AvgIpc) is 3.27. The molecule has 0 spiro atoms. The van der Waals surface area contributed by atoms with Gasteiger partial charge in [-0.2, -0.15) is 13.2 Å². The Bertz CT molecular complexity index is 1240. The minimum absolute atomic E-state index is 0.0528. The number of amides is 1. The molecule has 1 fully saturated rings. The molecular formula is C26H27F3N4OS. The SMILES string of the molecule is O=C(NCC1CCN(CCCc2cccc(C(F)(F)F)c2)CC1)C1=Cc2cnc3cccc(n23)S1. The van der Waals surface area contributed by atoms with Crippen LogP contribution in [-0.2, 0) is 17.4 Å². The van der Waals surface area contributed by atoms with Gasteiger partial charge in [0.1, 0.15) is 5.65 Å². The normalized spacial score (nSPS) is 16.9. The molecule has 5 nitrogen and oxygen atoms in total. The number of imidazole rings is 1. The van der Waals surface area contributed by atoms with Crippen molar-refractivity contribution in [2.45, 2.75) is 36.9 Å². The van der Waals surface area contributed by atoms with Crippen molar-refractivity contribution in [1.82, 2.24) is 19.6 Å². The van der Waals surface area contributed by atoms with Crippen LogP contribution >= 0.6 is 11.8 Å². The molecule has 35 heavy (non-hydrogen) atoms. The van der Waals surface area contributed by atoms with Gasteiger partial charge in [-0.25, -0.2) is 4.98 Å². The van der Waals surface area contributed by atoms with Gasteiger partial charge >= 0.3 is 6.18 Å². The number of aromatic nitrogens is 2. The molecule has 3 aromatic rings. The third-order valence-electron chi connectivity index (χ3n) is 6.69. The fourth-order valence-electron chi connectivity index (χ4n) is 4.75. The third-order valence-corrected chi connectivity index (χ3v) is 7.74. The van der Waals surface area contributed by atoms with Crippen molar-refractivity contribution in [3.8, 4) is 0 Å². The first-order chi connectivity index (χ1) is 16.9. The van der Waals surface area contributed by atoms with Gasteiger partial charge in [-0.15, -0.1) is 0 Å². The summed E-state index contributed by atoms with van der Waals surface area (Å²) < 4.78 is 40.7. The summed E-state index contributed by atoms with van der Waals surface area (Å²) in [5, 5.41) is 4.09. The minimum Gasteiger partial charge on any atom is -0.351 e. The van der Waals surface area contributed by atoms with Crippen LogP contribution in [-0.4, -0.2) is 46.4 Å². The van der Waals surface area contributed by atoms with Gasteiger partial charge in [0.2, 0.25) is 0 Å². The van der Waals surface area contributed by atoms with Crippen LogP contribution in [0.5, 0.6) is 0 Å². The summed E-state index contributed by atoms with van der Waals surface area (Å²) in [6.07, 6.45) is 2.85. The Kier molecular flexibility index (Phi) is 6.88. The number of hydrogen-bond donors (Lipinski definition) is 1. The summed E-state index contributed by atoms with van der Waals surface area (Å²) in [7, 11) is 0. The number of carbonyl (C=O) groups is 1. The van der Waals surface area contributed by atoms with E-state index in [9.17, 15) is 18.0 Å². The van der Waals surface area contributed by atoms with Gasteiger partial charge in [-0.1, -0.05) is 36.0 Å². The largest absolute Gasteiger partial charge is 0.416 e. The Morgan fingerprint density at radius 2 is 1.94 bits per heavy atom. The molecule has 1 amide bonds. The van der Waals surface area contributed by atoms with E-state index in [1.807, 2.05) is 28.7 Å². The second kappa shape index (κ2) is 10.1. The molecule has 1 N–H and O–H groups in total. The monoisotopic (exact) mass is 500 g/mol. The van der Waals surface area contributed by atoms with Crippen LogP contribution in [0.4, 0.5) is 13.2 Å². The first kappa shape index (κ1) is 23.9. The van der Waals surface area contributed by atoms with Crippen LogP contribution in [0.15, 0.2) is 58.6 Å². The molecule has 184 valence electrons. The fourth-order valence-corrected chi connectivity index (χ4v) is 5.75. The van der Waals surface area contributed by atoms with Crippen molar-refractivity contribution in [2.24, 2.45) is 5.92 Å². The first-order valence-corrected chi connectivity index (χ1v) is 12.7. The smallest absolute Gasteiger partial charge is 0.351 e. The quantitative estimate of drug-likeness (QED) is 0.481. The lowest BCUT2D eigenvalue weighted by Gasteiger charge is -2.32. The van der Waals surface area contributed by atoms with Crippen LogP contribution in [0.25, 0.3) is 11.7 Å². The molecule has 9 heteroatoms. The van der Waals surface area contributed by atoms with Gasteiger partial charge < -0.3 is 10.2 Å². The Morgan fingerprint density at radius 1 is 1.14 bits per heavy atom. The topological polar surface area (TPSA) is 49.6 Å². The lowest BCUT2D eigenvalue weighted by molar-refractivity contribution is -0.137. The molecule has 0 bridgehead atoms. The van der Waals surface area contributed by atoms with Crippen molar-refractivity contribution in [3.05, 3.63) is 70.4 Å². The summed E-state index contributed by atoms with van der Waals surface area (Å²) in [5.74, 6) is 0.379. The molecule has 0 unspecified atom stereocenters. The van der Waals surface area contributed by atoms with Gasteiger partial charge in [0.05, 0.1) is 27.4 Å². The molecule has 0 radical (unpaired) electrons. The number of halogens is 3. The maximum atomic E-state index is 12.9. The number of thioether (sulfide) groups is 1. The molecular weight excluding hydrogens is 473 g/mol. The zero-order valence-electron chi connectivity index (χ0n) is 19.2. The number of hydrogen-bond acceptors (Lipinski definition) is 4. The molecule has 5 rings (SSSR count). The zero-order valence-corrected chi connectivity index (χ0v) is 20.0. The Labute approximate surface area is 206 Å². The van der Waals surface area contributed by atoms with Crippen molar-refractivity contribution < 1.29 is 18.0 Å². The van der Waals surface area contributed by atoms with Crippen LogP contribution in [0.1, 0.15) is 36.1 Å². The Balaban J connectivity index is 1.04. The third kappa shape index (κ3) is 5.56. The summed E-state index contributed by atoms with van der Waals surface area (Å²) in [5.41, 5.74) is 1.94. The van der Waals surface area contributed by atoms with Crippen molar-refractivity contribution >= 4 is 29.4 Å². The molecule has 0 saturated carbocycles. The minimum atomic E-state index is -4.30. The summed E-state index contributed by atoms with van der Waals surface area (Å²) in [4.78, 5) is 20.2. The van der Waals surface area contributed by atoms with E-state index in [0.29, 0.717) is 23.8 Å². The number of likely N-dealkylation sites (tertiary alicyclic amines) is 1. The number of benzene rings is 1. The molecule has 2 aliphatic rings. The van der Waals surface area contributed by atoms with Crippen molar-refractivity contribution in [3.63, 3.8) is 0 Å². The number of rotatable bonds is 7. The van der Waals surface area contributed by atoms with Crippen LogP contribution < -0.4 is 5.32 Å². The highest BCUT2D eigenvalue weighted by atomic mass is 32.2. The number of alkyl halides is 3. The number of nitrogens with one attached hydrogen (secondary N) is 1. The Hall–Kier alpha value is -2.78. The van der Waals surface area contributed by atoms with E-state index in [2.05, 4.69) is 15.2 Å². The fraction of sp³-hybridized carbons (Fsp3) is 0.385. The average molecular weight is 501 g/mol. The van der Waals surface area contributed by atoms with Gasteiger partial charge in [0.25, 0.3) is 5.91 Å². The predicted octanol–water partition coefficient (Wildman–Crippen LogP) is 5.26. The maximum Gasteiger partial charge on any atom is 0.416 e. The summed E-state index contributed by atoms with van der Waals surface area (Å²) in [6.45, 7) is 3.42. The first-order valence-electron chi connectivity index (χ1n) is 11.9. The maximum absolute atomic E-state index is 12.9. The second-order valence-electron chi connectivity index (χ2n) is 9.15. The lowest BCUT2D eigenvalue weighted by atomic mass is 9.96. The van der Waals surface area contributed by atoms with Gasteiger partial charge in [0.15, 0.2) is 0 Å². The standard InChI is InChI=1S/C26H27F3N4OS/c27-26(28,29)20-6-1-4-18(14-20)5-3-11-32-12-9-19(10-13-32)16-31-25(34)22-15-21-17-30-23-7-2-8-24(35-22)33(21)23/h1-2,4,6-8,14-15,17,19H,3,5,9-13,16H2,(H,31,34). The summed E-state index contributed by atoms with van der Waals surface area (Å²) >= 11 is 1.46. The number of nitrogens with zero attached hydrogens (tertiary/aromatic N) is 3.